The van der Waals surface area contributed by atoms with Gasteiger partial charge in [0.1, 0.15) is 5.82 Å². The van der Waals surface area contributed by atoms with E-state index in [-0.39, 0.29) is 34.9 Å². The van der Waals surface area contributed by atoms with Crippen molar-refractivity contribution >= 4 is 45.0 Å². The summed E-state index contributed by atoms with van der Waals surface area (Å²) < 4.78 is 0.482. The van der Waals surface area contributed by atoms with Gasteiger partial charge in [-0.15, -0.1) is 0 Å². The Morgan fingerprint density at radius 2 is 1.88 bits per heavy atom. The molecular weight excluding hydrogens is 498 g/mol. The molecule has 3 fully saturated rings. The molecule has 178 valence electrons. The van der Waals surface area contributed by atoms with Crippen molar-refractivity contribution in [2.24, 2.45) is 17.6 Å². The average molecular weight is 526 g/mol. The molecule has 2 aliphatic carbocycles. The molecule has 3 atom stereocenters. The van der Waals surface area contributed by atoms with Crippen molar-refractivity contribution in [3.05, 3.63) is 51.6 Å². The van der Waals surface area contributed by atoms with E-state index in [2.05, 4.69) is 31.1 Å². The Morgan fingerprint density at radius 3 is 2.56 bits per heavy atom. The molecule has 9 heteroatoms. The van der Waals surface area contributed by atoms with Crippen molar-refractivity contribution in [2.75, 3.05) is 17.2 Å². The second-order valence-electron chi connectivity index (χ2n) is 9.63. The van der Waals surface area contributed by atoms with Crippen LogP contribution in [0.1, 0.15) is 69.6 Å². The molecule has 2 amide bonds. The van der Waals surface area contributed by atoms with Gasteiger partial charge >= 0.3 is 0 Å². The summed E-state index contributed by atoms with van der Waals surface area (Å²) in [6.07, 6.45) is 7.61. The number of piperidine rings is 1. The first kappa shape index (κ1) is 22.8. The summed E-state index contributed by atoms with van der Waals surface area (Å²) in [5, 5.41) is 3.15. The van der Waals surface area contributed by atoms with Gasteiger partial charge in [-0.05, 0) is 84.6 Å². The minimum Gasteiger partial charge on any atom is -0.398 e. The lowest BCUT2D eigenvalue weighted by atomic mass is 9.92. The average Bonchev–Trinajstić information content (AvgIpc) is 3.59. The standard InChI is InChI=1S/C25H28BrN5O3/c26-19-10-18(24(28)33)20(27)11-17(19)25(34)30-16-8-14-2-1-7-31(21(14)9-16)22-6-5-15(12-29-22)23(32)13-3-4-13/h5-6,10-14,16,21H,1-4,7-9,27H2,(H2,28,33)(H,30,34). The zero-order valence-corrected chi connectivity index (χ0v) is 20.4. The second-order valence-corrected chi connectivity index (χ2v) is 10.5. The van der Waals surface area contributed by atoms with Crippen molar-refractivity contribution < 1.29 is 14.4 Å². The molecule has 34 heavy (non-hydrogen) atoms. The van der Waals surface area contributed by atoms with E-state index in [0.717, 1.165) is 50.9 Å². The minimum absolute atomic E-state index is 0.0303. The lowest BCUT2D eigenvalue weighted by molar-refractivity contribution is 0.0933. The number of nitrogens with two attached hydrogens (primary N) is 2. The molecule has 1 saturated heterocycles. The van der Waals surface area contributed by atoms with E-state index < -0.39 is 5.91 Å². The molecule has 5 N–H and O–H groups in total. The molecule has 0 radical (unpaired) electrons. The third-order valence-electron chi connectivity index (χ3n) is 7.29. The number of ketones is 1. The van der Waals surface area contributed by atoms with Gasteiger partial charge in [-0.25, -0.2) is 4.98 Å². The molecule has 3 aliphatic rings. The first-order chi connectivity index (χ1) is 16.3. The number of carbonyl (C=O) groups excluding carboxylic acids is 3. The number of fused-ring (bicyclic) bond motifs is 1. The number of nitrogen functional groups attached to an aromatic ring is 1. The Hall–Kier alpha value is -2.94. The first-order valence-corrected chi connectivity index (χ1v) is 12.6. The van der Waals surface area contributed by atoms with Crippen LogP contribution in [-0.4, -0.2) is 41.2 Å². The summed E-state index contributed by atoms with van der Waals surface area (Å²) in [4.78, 5) is 43.8. The van der Waals surface area contributed by atoms with Crippen LogP contribution < -0.4 is 21.7 Å². The van der Waals surface area contributed by atoms with Crippen LogP contribution in [-0.2, 0) is 0 Å². The summed E-state index contributed by atoms with van der Waals surface area (Å²) >= 11 is 3.36. The number of Topliss-reactive ketones (excluding diaryl/α,β-unsaturated/α-hetero) is 1. The van der Waals surface area contributed by atoms with Crippen LogP contribution in [0, 0.1) is 11.8 Å². The van der Waals surface area contributed by atoms with Gasteiger partial charge in [-0.2, -0.15) is 0 Å². The largest absolute Gasteiger partial charge is 0.398 e. The fourth-order valence-corrected chi connectivity index (χ4v) is 5.93. The highest BCUT2D eigenvalue weighted by Gasteiger charge is 2.41. The summed E-state index contributed by atoms with van der Waals surface area (Å²) in [5.41, 5.74) is 12.7. The fourth-order valence-electron chi connectivity index (χ4n) is 5.41. The molecule has 0 bridgehead atoms. The van der Waals surface area contributed by atoms with Crippen LogP contribution in [0.25, 0.3) is 0 Å². The highest BCUT2D eigenvalue weighted by molar-refractivity contribution is 9.10. The normalized spacial score (nSPS) is 23.9. The van der Waals surface area contributed by atoms with Gasteiger partial charge in [0.05, 0.1) is 11.1 Å². The van der Waals surface area contributed by atoms with Crippen molar-refractivity contribution in [3.63, 3.8) is 0 Å². The topological polar surface area (TPSA) is 131 Å². The van der Waals surface area contributed by atoms with E-state index in [1.807, 2.05) is 12.1 Å². The number of amides is 2. The number of halogens is 1. The maximum Gasteiger partial charge on any atom is 0.252 e. The Labute approximate surface area is 206 Å². The van der Waals surface area contributed by atoms with E-state index in [9.17, 15) is 14.4 Å². The molecule has 1 aromatic carbocycles. The molecular formula is C25H28BrN5O3. The molecule has 0 spiro atoms. The zero-order valence-electron chi connectivity index (χ0n) is 18.8. The van der Waals surface area contributed by atoms with E-state index in [1.54, 1.807) is 6.20 Å². The predicted molar refractivity (Wildman–Crippen MR) is 133 cm³/mol. The van der Waals surface area contributed by atoms with Gasteiger partial charge in [0, 0.05) is 46.5 Å². The summed E-state index contributed by atoms with van der Waals surface area (Å²) in [7, 11) is 0. The first-order valence-electron chi connectivity index (χ1n) is 11.8. The summed E-state index contributed by atoms with van der Waals surface area (Å²) in [5.74, 6) is 0.893. The molecule has 5 rings (SSSR count). The van der Waals surface area contributed by atoms with Gasteiger partial charge in [-0.3, -0.25) is 14.4 Å². The van der Waals surface area contributed by atoms with Crippen molar-refractivity contribution in [3.8, 4) is 0 Å². The van der Waals surface area contributed by atoms with Gasteiger partial charge in [-0.1, -0.05) is 0 Å². The SMILES string of the molecule is NC(=O)c1cc(Br)c(C(=O)NC2CC3CCCN(c4ccc(C(=O)C5CC5)cn4)C3C2)cc1N. The number of pyridine rings is 1. The van der Waals surface area contributed by atoms with E-state index >= 15 is 0 Å². The molecule has 3 unspecified atom stereocenters. The highest BCUT2D eigenvalue weighted by Crippen LogP contribution is 2.39. The molecule has 2 saturated carbocycles. The van der Waals surface area contributed by atoms with E-state index in [0.29, 0.717) is 27.6 Å². The van der Waals surface area contributed by atoms with Crippen molar-refractivity contribution in [1.29, 1.82) is 0 Å². The molecule has 8 nitrogen and oxygen atoms in total. The predicted octanol–water partition coefficient (Wildman–Crippen LogP) is 3.30. The Kier molecular flexibility index (Phi) is 6.06. The van der Waals surface area contributed by atoms with E-state index in [4.69, 9.17) is 11.5 Å². The highest BCUT2D eigenvalue weighted by atomic mass is 79.9. The van der Waals surface area contributed by atoms with Crippen LogP contribution >= 0.6 is 15.9 Å². The molecule has 2 heterocycles. The molecule has 1 aromatic heterocycles. The van der Waals surface area contributed by atoms with Crippen LogP contribution in [0.4, 0.5) is 11.5 Å². The fraction of sp³-hybridized carbons (Fsp3) is 0.440. The second kappa shape index (κ2) is 9.02. The van der Waals surface area contributed by atoms with Crippen LogP contribution in [0.3, 0.4) is 0 Å². The summed E-state index contributed by atoms with van der Waals surface area (Å²) in [6.45, 7) is 0.918. The maximum atomic E-state index is 13.0. The third kappa shape index (κ3) is 4.41. The number of nitrogens with one attached hydrogen (secondary N) is 1. The number of aromatic nitrogens is 1. The zero-order chi connectivity index (χ0) is 24.0. The maximum absolute atomic E-state index is 13.0. The number of hydrogen-bond donors (Lipinski definition) is 3. The van der Waals surface area contributed by atoms with Gasteiger partial charge in [0.2, 0.25) is 0 Å². The minimum atomic E-state index is -0.635. The van der Waals surface area contributed by atoms with Crippen LogP contribution in [0.5, 0.6) is 0 Å². The number of primary amides is 1. The van der Waals surface area contributed by atoms with E-state index in [1.165, 1.54) is 12.1 Å². The van der Waals surface area contributed by atoms with Crippen molar-refractivity contribution in [2.45, 2.75) is 50.6 Å². The molecule has 2 aromatic rings. The Balaban J connectivity index is 1.27. The third-order valence-corrected chi connectivity index (χ3v) is 7.95. The summed E-state index contributed by atoms with van der Waals surface area (Å²) in [6, 6.07) is 7.17. The number of benzene rings is 1. The number of anilines is 2. The number of nitrogens with zero attached hydrogens (tertiary/aromatic N) is 2. The Morgan fingerprint density at radius 1 is 1.09 bits per heavy atom. The quantitative estimate of drug-likeness (QED) is 0.391. The monoisotopic (exact) mass is 525 g/mol. The number of hydrogen-bond acceptors (Lipinski definition) is 6. The molecule has 1 aliphatic heterocycles. The number of carbonyl (C=O) groups is 3. The lowest BCUT2D eigenvalue weighted by Crippen LogP contribution is -2.43. The van der Waals surface area contributed by atoms with Crippen LogP contribution in [0.15, 0.2) is 34.9 Å². The van der Waals surface area contributed by atoms with Gasteiger partial charge in [0.25, 0.3) is 11.8 Å². The van der Waals surface area contributed by atoms with Gasteiger partial charge in [0.15, 0.2) is 5.78 Å². The Bertz CT molecular complexity index is 1150. The lowest BCUT2D eigenvalue weighted by Gasteiger charge is -2.38. The van der Waals surface area contributed by atoms with Gasteiger partial charge < -0.3 is 21.7 Å². The van der Waals surface area contributed by atoms with Crippen LogP contribution in [0.2, 0.25) is 0 Å². The number of rotatable bonds is 6. The van der Waals surface area contributed by atoms with Crippen molar-refractivity contribution in [1.82, 2.24) is 10.3 Å². The smallest absolute Gasteiger partial charge is 0.252 e.